The lowest BCUT2D eigenvalue weighted by Gasteiger charge is -2.10. The Morgan fingerprint density at radius 2 is 2.25 bits per heavy atom. The Morgan fingerprint density at radius 1 is 1.58 bits per heavy atom. The van der Waals surface area contributed by atoms with Crippen molar-refractivity contribution < 1.29 is 4.79 Å². The standard InChI is InChI=1S/C8H3Br2NO/c9-7-1-5(3-11)2-8(10)6(7)4-12/h1-2,7H. The maximum absolute atomic E-state index is 10.4. The first kappa shape index (κ1) is 9.47. The summed E-state index contributed by atoms with van der Waals surface area (Å²) in [7, 11) is 0. The third kappa shape index (κ3) is 1.75. The van der Waals surface area contributed by atoms with E-state index in [1.807, 2.05) is 6.07 Å². The van der Waals surface area contributed by atoms with Gasteiger partial charge in [-0.2, -0.15) is 5.26 Å². The average molecular weight is 289 g/mol. The predicted molar refractivity (Wildman–Crippen MR) is 52.6 cm³/mol. The van der Waals surface area contributed by atoms with Gasteiger partial charge in [0.25, 0.3) is 0 Å². The van der Waals surface area contributed by atoms with Crippen LogP contribution in [0, 0.1) is 11.3 Å². The van der Waals surface area contributed by atoms with Gasteiger partial charge in [0.1, 0.15) is 5.94 Å². The summed E-state index contributed by atoms with van der Waals surface area (Å²) in [6.07, 6.45) is 3.25. The smallest absolute Gasteiger partial charge is 0.130 e. The van der Waals surface area contributed by atoms with Crippen molar-refractivity contribution in [3.8, 4) is 6.07 Å². The number of nitriles is 1. The van der Waals surface area contributed by atoms with Crippen LogP contribution in [0.5, 0.6) is 0 Å². The Balaban J connectivity index is 3.15. The molecule has 0 amide bonds. The lowest BCUT2D eigenvalue weighted by Crippen LogP contribution is -2.05. The van der Waals surface area contributed by atoms with Crippen molar-refractivity contribution in [1.29, 1.82) is 5.26 Å². The fourth-order valence-electron chi connectivity index (χ4n) is 0.810. The molecule has 1 unspecified atom stereocenters. The fourth-order valence-corrected chi connectivity index (χ4v) is 2.32. The van der Waals surface area contributed by atoms with Gasteiger partial charge < -0.3 is 0 Å². The van der Waals surface area contributed by atoms with Crippen molar-refractivity contribution in [3.05, 3.63) is 27.8 Å². The lowest BCUT2D eigenvalue weighted by molar-refractivity contribution is 0.567. The number of carbonyl (C=O) groups excluding carboxylic acids is 1. The molecule has 1 aliphatic carbocycles. The molecule has 2 nitrogen and oxygen atoms in total. The third-order valence-electron chi connectivity index (χ3n) is 1.38. The summed E-state index contributed by atoms with van der Waals surface area (Å²) in [5.74, 6) is 1.80. The van der Waals surface area contributed by atoms with E-state index in [1.165, 1.54) is 0 Å². The molecule has 0 bridgehead atoms. The second-order valence-electron chi connectivity index (χ2n) is 2.14. The summed E-state index contributed by atoms with van der Waals surface area (Å²) in [5, 5.41) is 8.57. The molecule has 0 aromatic rings. The molecule has 12 heavy (non-hydrogen) atoms. The van der Waals surface area contributed by atoms with Crippen LogP contribution in [0.25, 0.3) is 0 Å². The minimum Gasteiger partial charge on any atom is -0.233 e. The molecule has 0 aromatic carbocycles. The van der Waals surface area contributed by atoms with Gasteiger partial charge in [0, 0.05) is 4.48 Å². The molecule has 0 saturated carbocycles. The maximum Gasteiger partial charge on any atom is 0.130 e. The Hall–Kier alpha value is -0.620. The van der Waals surface area contributed by atoms with E-state index in [-0.39, 0.29) is 4.83 Å². The van der Waals surface area contributed by atoms with E-state index >= 15 is 0 Å². The number of alkyl halides is 1. The normalized spacial score (nSPS) is 22.1. The SMILES string of the molecule is N#CC1=CC(Br)C(=C=O)C(Br)=C1. The van der Waals surface area contributed by atoms with Crippen LogP contribution in [0.3, 0.4) is 0 Å². The van der Waals surface area contributed by atoms with Gasteiger partial charge in [-0.3, -0.25) is 0 Å². The first-order valence-electron chi connectivity index (χ1n) is 3.07. The van der Waals surface area contributed by atoms with Crippen LogP contribution >= 0.6 is 31.9 Å². The van der Waals surface area contributed by atoms with Crippen LogP contribution in [0.15, 0.2) is 27.8 Å². The Morgan fingerprint density at radius 3 is 2.67 bits per heavy atom. The number of rotatable bonds is 0. The van der Waals surface area contributed by atoms with Crippen LogP contribution in [-0.2, 0) is 4.79 Å². The number of hydrogen-bond donors (Lipinski definition) is 0. The van der Waals surface area contributed by atoms with Crippen LogP contribution in [0.4, 0.5) is 0 Å². The molecule has 1 atom stereocenters. The van der Waals surface area contributed by atoms with Crippen LogP contribution in [0.1, 0.15) is 0 Å². The summed E-state index contributed by atoms with van der Waals surface area (Å²) in [5.41, 5.74) is 1.01. The van der Waals surface area contributed by atoms with Crippen LogP contribution < -0.4 is 0 Å². The van der Waals surface area contributed by atoms with Gasteiger partial charge in [0.05, 0.1) is 22.0 Å². The van der Waals surface area contributed by atoms with E-state index in [1.54, 1.807) is 18.1 Å². The molecule has 1 rings (SSSR count). The summed E-state index contributed by atoms with van der Waals surface area (Å²) >= 11 is 6.41. The van der Waals surface area contributed by atoms with Gasteiger partial charge in [-0.1, -0.05) is 15.9 Å². The van der Waals surface area contributed by atoms with E-state index in [4.69, 9.17) is 5.26 Å². The van der Waals surface area contributed by atoms with E-state index in [9.17, 15) is 4.79 Å². The van der Waals surface area contributed by atoms with Crippen molar-refractivity contribution in [2.75, 3.05) is 0 Å². The molecule has 0 radical (unpaired) electrons. The van der Waals surface area contributed by atoms with Gasteiger partial charge in [0.2, 0.25) is 0 Å². The summed E-state index contributed by atoms with van der Waals surface area (Å²) in [6, 6.07) is 1.99. The summed E-state index contributed by atoms with van der Waals surface area (Å²) in [6.45, 7) is 0. The maximum atomic E-state index is 10.4. The highest BCUT2D eigenvalue weighted by atomic mass is 79.9. The van der Waals surface area contributed by atoms with Crippen molar-refractivity contribution >= 4 is 37.8 Å². The molecule has 0 heterocycles. The zero-order valence-corrected chi connectivity index (χ0v) is 9.02. The zero-order valence-electron chi connectivity index (χ0n) is 5.84. The largest absolute Gasteiger partial charge is 0.233 e. The monoisotopic (exact) mass is 287 g/mol. The fraction of sp³-hybridized carbons (Fsp3) is 0.125. The zero-order chi connectivity index (χ0) is 9.14. The molecule has 0 fully saturated rings. The Kier molecular flexibility index (Phi) is 3.05. The van der Waals surface area contributed by atoms with Crippen molar-refractivity contribution in [3.63, 3.8) is 0 Å². The topological polar surface area (TPSA) is 40.9 Å². The van der Waals surface area contributed by atoms with Crippen LogP contribution in [-0.4, -0.2) is 10.8 Å². The first-order valence-corrected chi connectivity index (χ1v) is 4.78. The van der Waals surface area contributed by atoms with E-state index in [2.05, 4.69) is 31.9 Å². The second-order valence-corrected chi connectivity index (χ2v) is 3.98. The Labute approximate surface area is 86.5 Å². The van der Waals surface area contributed by atoms with E-state index < -0.39 is 0 Å². The summed E-state index contributed by atoms with van der Waals surface area (Å²) in [4.78, 5) is 10.2. The third-order valence-corrected chi connectivity index (χ3v) is 2.76. The van der Waals surface area contributed by atoms with Gasteiger partial charge in [-0.25, -0.2) is 4.79 Å². The van der Waals surface area contributed by atoms with Gasteiger partial charge in [-0.05, 0) is 28.1 Å². The molecule has 60 valence electrons. The molecule has 0 N–H and O–H groups in total. The highest BCUT2D eigenvalue weighted by Gasteiger charge is 2.17. The van der Waals surface area contributed by atoms with Gasteiger partial charge in [-0.15, -0.1) is 0 Å². The second kappa shape index (κ2) is 3.86. The molecule has 4 heteroatoms. The number of allylic oxidation sites excluding steroid dienone is 5. The first-order chi connectivity index (χ1) is 5.69. The van der Waals surface area contributed by atoms with E-state index in [0.717, 1.165) is 0 Å². The van der Waals surface area contributed by atoms with E-state index in [0.29, 0.717) is 15.6 Å². The molecule has 0 aliphatic heterocycles. The molecule has 0 saturated heterocycles. The molecular formula is C8H3Br2NO. The highest BCUT2D eigenvalue weighted by molar-refractivity contribution is 9.12. The number of halogens is 2. The molecule has 0 aromatic heterocycles. The van der Waals surface area contributed by atoms with Crippen molar-refractivity contribution in [2.24, 2.45) is 0 Å². The van der Waals surface area contributed by atoms with Gasteiger partial charge in [0.15, 0.2) is 0 Å². The molecular weight excluding hydrogens is 286 g/mol. The minimum absolute atomic E-state index is 0.218. The number of hydrogen-bond acceptors (Lipinski definition) is 2. The molecule has 1 aliphatic rings. The highest BCUT2D eigenvalue weighted by Crippen LogP contribution is 2.30. The lowest BCUT2D eigenvalue weighted by atomic mass is 10.0. The van der Waals surface area contributed by atoms with Gasteiger partial charge >= 0.3 is 0 Å². The number of nitrogens with zero attached hydrogens (tertiary/aromatic N) is 1. The predicted octanol–water partition coefficient (Wildman–Crippen LogP) is 2.25. The average Bonchev–Trinajstić information content (AvgIpc) is 2.03. The molecule has 0 spiro atoms. The summed E-state index contributed by atoms with van der Waals surface area (Å²) < 4.78 is 0.610. The van der Waals surface area contributed by atoms with Crippen LogP contribution in [0.2, 0.25) is 0 Å². The Bertz CT molecular complexity index is 356. The quantitative estimate of drug-likeness (QED) is 0.507. The van der Waals surface area contributed by atoms with Crippen molar-refractivity contribution in [2.45, 2.75) is 4.83 Å². The van der Waals surface area contributed by atoms with Crippen molar-refractivity contribution in [1.82, 2.24) is 0 Å². The minimum atomic E-state index is -0.218.